The molecule has 10 heteroatoms. The molecule has 0 fully saturated rings. The van der Waals surface area contributed by atoms with Crippen LogP contribution < -0.4 is 10.9 Å². The fourth-order valence-electron chi connectivity index (χ4n) is 3.75. The highest BCUT2D eigenvalue weighted by atomic mass is 16.5. The second kappa shape index (κ2) is 14.0. The Morgan fingerprint density at radius 1 is 1.06 bits per heavy atom. The van der Waals surface area contributed by atoms with Gasteiger partial charge in [0.25, 0.3) is 5.91 Å². The lowest BCUT2D eigenvalue weighted by atomic mass is 9.82. The van der Waals surface area contributed by atoms with Crippen molar-refractivity contribution < 1.29 is 19.6 Å². The van der Waals surface area contributed by atoms with E-state index in [1.807, 2.05) is 70.2 Å². The Morgan fingerprint density at radius 2 is 1.77 bits per heavy atom. The molecule has 0 aliphatic rings. The molecule has 3 amide bonds. The van der Waals surface area contributed by atoms with Crippen molar-refractivity contribution in [1.82, 2.24) is 30.9 Å². The summed E-state index contributed by atoms with van der Waals surface area (Å²) in [6.45, 7) is 7.99. The van der Waals surface area contributed by atoms with Gasteiger partial charge in [0.05, 0.1) is 18.0 Å². The van der Waals surface area contributed by atoms with E-state index >= 15 is 0 Å². The molecular formula is C25H36N6O4. The molecule has 0 saturated carbocycles. The number of aromatic nitrogens is 3. The highest BCUT2D eigenvalue weighted by molar-refractivity contribution is 5.88. The fraction of sp³-hybridized carbons (Fsp3) is 0.480. The highest BCUT2D eigenvalue weighted by Gasteiger charge is 2.35. The monoisotopic (exact) mass is 484 g/mol. The quantitative estimate of drug-likeness (QED) is 0.314. The summed E-state index contributed by atoms with van der Waals surface area (Å²) in [5.41, 5.74) is 5.40. The molecule has 3 N–H and O–H groups in total. The molecular weight excluding hydrogens is 448 g/mol. The Bertz CT molecular complexity index is 960. The highest BCUT2D eigenvalue weighted by Crippen LogP contribution is 2.25. The van der Waals surface area contributed by atoms with Crippen LogP contribution in [0.25, 0.3) is 6.08 Å². The second-order valence-electron chi connectivity index (χ2n) is 9.34. The molecule has 0 radical (unpaired) electrons. The third-order valence-electron chi connectivity index (χ3n) is 5.36. The summed E-state index contributed by atoms with van der Waals surface area (Å²) in [7, 11) is 0. The standard InChI is InChI=1S/C25H36N6O4/c1-18(2)15-22(21(25(34)28-35)12-8-11-20-9-6-5-7-10-20)24(33)27-31(16-19(3)4)23(32)17-30-14-13-26-29-30/h5-11,13-14,18-19,21-22,35H,12,15-17H2,1-4H3,(H,27,33)(H,28,34)/b11-8+/t21-,22+/m0/s1. The number of hydrazine groups is 1. The first kappa shape index (κ1) is 27.7. The average molecular weight is 485 g/mol. The topological polar surface area (TPSA) is 129 Å². The van der Waals surface area contributed by atoms with Crippen LogP contribution in [0.15, 0.2) is 48.8 Å². The summed E-state index contributed by atoms with van der Waals surface area (Å²) in [5, 5.41) is 18.2. The van der Waals surface area contributed by atoms with E-state index in [4.69, 9.17) is 0 Å². The lowest BCUT2D eigenvalue weighted by Gasteiger charge is -2.30. The maximum atomic E-state index is 13.4. The molecule has 2 aromatic rings. The number of carbonyl (C=O) groups excluding carboxylic acids is 3. The summed E-state index contributed by atoms with van der Waals surface area (Å²) < 4.78 is 1.38. The van der Waals surface area contributed by atoms with Crippen LogP contribution >= 0.6 is 0 Å². The first-order chi connectivity index (χ1) is 16.7. The van der Waals surface area contributed by atoms with Gasteiger partial charge in [-0.15, -0.1) is 5.10 Å². The molecule has 0 spiro atoms. The van der Waals surface area contributed by atoms with Gasteiger partial charge in [0, 0.05) is 12.7 Å². The molecule has 2 atom stereocenters. The van der Waals surface area contributed by atoms with E-state index in [0.717, 1.165) is 5.56 Å². The second-order valence-corrected chi connectivity index (χ2v) is 9.34. The van der Waals surface area contributed by atoms with Crippen LogP contribution in [-0.4, -0.2) is 49.5 Å². The van der Waals surface area contributed by atoms with E-state index in [0.29, 0.717) is 13.0 Å². The molecule has 0 aliphatic heterocycles. The van der Waals surface area contributed by atoms with Crippen LogP contribution in [0.4, 0.5) is 0 Å². The number of hydroxylamine groups is 1. The van der Waals surface area contributed by atoms with Crippen LogP contribution in [0, 0.1) is 23.7 Å². The van der Waals surface area contributed by atoms with Crippen molar-refractivity contribution in [2.75, 3.05) is 6.54 Å². The summed E-state index contributed by atoms with van der Waals surface area (Å²) in [6.07, 6.45) is 7.36. The van der Waals surface area contributed by atoms with Crippen molar-refractivity contribution >= 4 is 23.8 Å². The molecule has 0 unspecified atom stereocenters. The number of carbonyl (C=O) groups is 3. The maximum absolute atomic E-state index is 13.4. The van der Waals surface area contributed by atoms with Gasteiger partial charge in [0.15, 0.2) is 0 Å². The predicted octanol–water partition coefficient (Wildman–Crippen LogP) is 2.68. The SMILES string of the molecule is CC(C)C[C@@H](C(=O)NN(CC(C)C)C(=O)Cn1ccnn1)[C@H](C/C=C/c1ccccc1)C(=O)NO. The number of hydrogen-bond acceptors (Lipinski definition) is 6. The minimum atomic E-state index is -0.825. The zero-order valence-corrected chi connectivity index (χ0v) is 20.8. The van der Waals surface area contributed by atoms with Gasteiger partial charge < -0.3 is 0 Å². The number of nitrogens with one attached hydrogen (secondary N) is 2. The Kier molecular flexibility index (Phi) is 11.1. The smallest absolute Gasteiger partial charge is 0.262 e. The van der Waals surface area contributed by atoms with Crippen LogP contribution in [0.3, 0.4) is 0 Å². The molecule has 10 nitrogen and oxygen atoms in total. The van der Waals surface area contributed by atoms with E-state index in [1.165, 1.54) is 15.9 Å². The zero-order chi connectivity index (χ0) is 25.8. The van der Waals surface area contributed by atoms with Crippen molar-refractivity contribution in [3.63, 3.8) is 0 Å². The zero-order valence-electron chi connectivity index (χ0n) is 20.8. The molecule has 0 bridgehead atoms. The van der Waals surface area contributed by atoms with Crippen molar-refractivity contribution in [3.05, 3.63) is 54.4 Å². The third kappa shape index (κ3) is 9.32. The normalized spacial score (nSPS) is 13.1. The van der Waals surface area contributed by atoms with Gasteiger partial charge in [-0.25, -0.2) is 10.2 Å². The van der Waals surface area contributed by atoms with Crippen molar-refractivity contribution in [2.24, 2.45) is 23.7 Å². The summed E-state index contributed by atoms with van der Waals surface area (Å²) in [4.78, 5) is 39.0. The predicted molar refractivity (Wildman–Crippen MR) is 131 cm³/mol. The minimum Gasteiger partial charge on any atom is -0.289 e. The van der Waals surface area contributed by atoms with Crippen LogP contribution in [0.2, 0.25) is 0 Å². The molecule has 2 rings (SSSR count). The number of amides is 3. The first-order valence-electron chi connectivity index (χ1n) is 11.8. The van der Waals surface area contributed by atoms with Gasteiger partial charge in [-0.05, 0) is 30.2 Å². The average Bonchev–Trinajstić information content (AvgIpc) is 3.33. The molecule has 1 aromatic carbocycles. The van der Waals surface area contributed by atoms with Gasteiger partial charge in [0.1, 0.15) is 6.54 Å². The Labute approximate surface area is 206 Å². The van der Waals surface area contributed by atoms with Crippen molar-refractivity contribution in [3.8, 4) is 0 Å². The lowest BCUT2D eigenvalue weighted by molar-refractivity contribution is -0.148. The minimum absolute atomic E-state index is 0.0811. The van der Waals surface area contributed by atoms with Crippen LogP contribution in [0.5, 0.6) is 0 Å². The third-order valence-corrected chi connectivity index (χ3v) is 5.36. The Hall–Kier alpha value is -3.53. The van der Waals surface area contributed by atoms with E-state index in [-0.39, 0.29) is 30.7 Å². The summed E-state index contributed by atoms with van der Waals surface area (Å²) >= 11 is 0. The molecule has 1 aromatic heterocycles. The van der Waals surface area contributed by atoms with Crippen molar-refractivity contribution in [1.29, 1.82) is 0 Å². The van der Waals surface area contributed by atoms with Gasteiger partial charge in [0.2, 0.25) is 11.8 Å². The summed E-state index contributed by atoms with van der Waals surface area (Å²) in [6, 6.07) is 9.59. The van der Waals surface area contributed by atoms with Crippen LogP contribution in [0.1, 0.15) is 46.1 Å². The van der Waals surface area contributed by atoms with Gasteiger partial charge >= 0.3 is 0 Å². The number of benzene rings is 1. The van der Waals surface area contributed by atoms with Gasteiger partial charge in [-0.1, -0.05) is 75.4 Å². The van der Waals surface area contributed by atoms with E-state index < -0.39 is 23.7 Å². The summed E-state index contributed by atoms with van der Waals surface area (Å²) in [5.74, 6) is -2.86. The van der Waals surface area contributed by atoms with Gasteiger partial charge in [-0.3, -0.25) is 30.0 Å². The largest absolute Gasteiger partial charge is 0.289 e. The van der Waals surface area contributed by atoms with Gasteiger partial charge in [-0.2, -0.15) is 0 Å². The number of nitrogens with zero attached hydrogens (tertiary/aromatic N) is 4. The number of allylic oxidation sites excluding steroid dienone is 1. The first-order valence-corrected chi connectivity index (χ1v) is 11.8. The Balaban J connectivity index is 2.23. The van der Waals surface area contributed by atoms with Crippen molar-refractivity contribution in [2.45, 2.75) is 47.1 Å². The van der Waals surface area contributed by atoms with E-state index in [9.17, 15) is 19.6 Å². The van der Waals surface area contributed by atoms with E-state index in [2.05, 4.69) is 15.7 Å². The number of rotatable bonds is 12. The molecule has 1 heterocycles. The number of hydrogen-bond donors (Lipinski definition) is 3. The van der Waals surface area contributed by atoms with E-state index in [1.54, 1.807) is 11.7 Å². The molecule has 190 valence electrons. The molecule has 35 heavy (non-hydrogen) atoms. The molecule has 0 saturated heterocycles. The molecule has 0 aliphatic carbocycles. The fourth-order valence-corrected chi connectivity index (χ4v) is 3.75. The lowest BCUT2D eigenvalue weighted by Crippen LogP contribution is -2.53. The maximum Gasteiger partial charge on any atom is 0.262 e. The van der Waals surface area contributed by atoms with Crippen LogP contribution in [-0.2, 0) is 20.9 Å². The Morgan fingerprint density at radius 3 is 2.34 bits per heavy atom.